The Labute approximate surface area is 94.0 Å². The first-order chi connectivity index (χ1) is 7.02. The molecular formula is C9H10BrF2NO2. The van der Waals surface area contributed by atoms with Gasteiger partial charge in [-0.2, -0.15) is 4.39 Å². The average Bonchev–Trinajstić information content (AvgIpc) is 2.23. The minimum Gasteiger partial charge on any atom is -0.492 e. The summed E-state index contributed by atoms with van der Waals surface area (Å²) in [5, 5.41) is 9.33. The zero-order chi connectivity index (χ0) is 11.6. The van der Waals surface area contributed by atoms with E-state index in [9.17, 15) is 13.9 Å². The van der Waals surface area contributed by atoms with Crippen LogP contribution < -0.4 is 10.5 Å². The van der Waals surface area contributed by atoms with Gasteiger partial charge in [-0.3, -0.25) is 0 Å². The molecule has 0 spiro atoms. The Hall–Kier alpha value is -0.720. The third-order valence-electron chi connectivity index (χ3n) is 1.93. The Morgan fingerprint density at radius 2 is 2.13 bits per heavy atom. The van der Waals surface area contributed by atoms with Gasteiger partial charge in [0.05, 0.1) is 17.7 Å². The predicted molar refractivity (Wildman–Crippen MR) is 54.6 cm³/mol. The molecule has 1 atom stereocenters. The van der Waals surface area contributed by atoms with Crippen molar-refractivity contribution in [2.75, 3.05) is 13.7 Å². The zero-order valence-electron chi connectivity index (χ0n) is 7.93. The smallest absolute Gasteiger partial charge is 0.202 e. The van der Waals surface area contributed by atoms with Crippen molar-refractivity contribution in [3.63, 3.8) is 0 Å². The number of halogens is 3. The molecule has 15 heavy (non-hydrogen) atoms. The fourth-order valence-electron chi connectivity index (χ4n) is 1.15. The lowest BCUT2D eigenvalue weighted by atomic mass is 10.1. The van der Waals surface area contributed by atoms with Crippen molar-refractivity contribution in [1.29, 1.82) is 0 Å². The van der Waals surface area contributed by atoms with Crippen molar-refractivity contribution in [2.45, 2.75) is 6.10 Å². The molecule has 0 aromatic heterocycles. The average molecular weight is 282 g/mol. The van der Waals surface area contributed by atoms with Crippen LogP contribution in [0.15, 0.2) is 10.5 Å². The number of nitrogens with two attached hydrogens (primary N) is 1. The number of aliphatic hydroxyl groups is 1. The molecule has 3 nitrogen and oxygen atoms in total. The van der Waals surface area contributed by atoms with Gasteiger partial charge >= 0.3 is 0 Å². The van der Waals surface area contributed by atoms with Gasteiger partial charge in [-0.1, -0.05) is 0 Å². The molecule has 0 aliphatic heterocycles. The standard InChI is InChI=1S/C9H10BrF2NO2/c1-15-9-5(10)2-4(6(14)3-13)7(11)8(9)12/h2,6,14H,3,13H2,1H3. The zero-order valence-corrected chi connectivity index (χ0v) is 9.51. The molecule has 0 saturated heterocycles. The minimum atomic E-state index is -1.23. The van der Waals surface area contributed by atoms with Crippen LogP contribution in [0.5, 0.6) is 5.75 Å². The summed E-state index contributed by atoms with van der Waals surface area (Å²) < 4.78 is 31.6. The normalized spacial score (nSPS) is 12.7. The van der Waals surface area contributed by atoms with Crippen molar-refractivity contribution in [3.05, 3.63) is 27.7 Å². The lowest BCUT2D eigenvalue weighted by Gasteiger charge is -2.13. The van der Waals surface area contributed by atoms with Crippen LogP contribution >= 0.6 is 15.9 Å². The largest absolute Gasteiger partial charge is 0.492 e. The van der Waals surface area contributed by atoms with Crippen molar-refractivity contribution < 1.29 is 18.6 Å². The van der Waals surface area contributed by atoms with Gasteiger partial charge in [0.1, 0.15) is 0 Å². The summed E-state index contributed by atoms with van der Waals surface area (Å²) in [5.41, 5.74) is 4.97. The van der Waals surface area contributed by atoms with Gasteiger partial charge in [0, 0.05) is 12.1 Å². The number of benzene rings is 1. The number of aliphatic hydroxyl groups excluding tert-OH is 1. The molecule has 0 amide bonds. The second-order valence-electron chi connectivity index (χ2n) is 2.86. The number of hydrogen-bond donors (Lipinski definition) is 2. The van der Waals surface area contributed by atoms with E-state index in [0.29, 0.717) is 0 Å². The van der Waals surface area contributed by atoms with E-state index in [0.717, 1.165) is 0 Å². The van der Waals surface area contributed by atoms with Crippen LogP contribution in [0.25, 0.3) is 0 Å². The molecule has 1 aromatic carbocycles. The highest BCUT2D eigenvalue weighted by atomic mass is 79.9. The van der Waals surface area contributed by atoms with Crippen molar-refractivity contribution >= 4 is 15.9 Å². The monoisotopic (exact) mass is 281 g/mol. The highest BCUT2D eigenvalue weighted by molar-refractivity contribution is 9.10. The molecule has 0 heterocycles. The van der Waals surface area contributed by atoms with Crippen LogP contribution in [0.3, 0.4) is 0 Å². The number of rotatable bonds is 3. The summed E-state index contributed by atoms with van der Waals surface area (Å²) in [5.74, 6) is -2.53. The Morgan fingerprint density at radius 3 is 2.60 bits per heavy atom. The van der Waals surface area contributed by atoms with Crippen molar-refractivity contribution in [1.82, 2.24) is 0 Å². The van der Waals surface area contributed by atoms with Crippen LogP contribution in [0.4, 0.5) is 8.78 Å². The maximum atomic E-state index is 13.4. The quantitative estimate of drug-likeness (QED) is 0.830. The summed E-state index contributed by atoms with van der Waals surface area (Å²) in [6.07, 6.45) is -1.23. The lowest BCUT2D eigenvalue weighted by molar-refractivity contribution is 0.180. The SMILES string of the molecule is COc1c(Br)cc(C(O)CN)c(F)c1F. The predicted octanol–water partition coefficient (Wildman–Crippen LogP) is 1.73. The molecular weight excluding hydrogens is 272 g/mol. The molecule has 0 bridgehead atoms. The van der Waals surface area contributed by atoms with Gasteiger partial charge in [-0.15, -0.1) is 0 Å². The van der Waals surface area contributed by atoms with Gasteiger partial charge in [0.15, 0.2) is 11.6 Å². The van der Waals surface area contributed by atoms with Crippen LogP contribution in [0, 0.1) is 11.6 Å². The van der Waals surface area contributed by atoms with Crippen molar-refractivity contribution in [2.24, 2.45) is 5.73 Å². The summed E-state index contributed by atoms with van der Waals surface area (Å²) in [6.45, 7) is -0.185. The summed E-state index contributed by atoms with van der Waals surface area (Å²) in [4.78, 5) is 0. The van der Waals surface area contributed by atoms with Gasteiger partial charge in [-0.05, 0) is 22.0 Å². The Bertz CT molecular complexity index is 374. The van der Waals surface area contributed by atoms with E-state index < -0.39 is 17.7 Å². The van der Waals surface area contributed by atoms with Crippen LogP contribution in [0.1, 0.15) is 11.7 Å². The molecule has 0 aliphatic carbocycles. The fourth-order valence-corrected chi connectivity index (χ4v) is 1.74. The van der Waals surface area contributed by atoms with Gasteiger partial charge in [-0.25, -0.2) is 4.39 Å². The van der Waals surface area contributed by atoms with Gasteiger partial charge in [0.25, 0.3) is 0 Å². The molecule has 3 N–H and O–H groups in total. The summed E-state index contributed by atoms with van der Waals surface area (Å²) in [7, 11) is 1.22. The molecule has 0 radical (unpaired) electrons. The van der Waals surface area contributed by atoms with Crippen LogP contribution in [-0.2, 0) is 0 Å². The molecule has 6 heteroatoms. The molecule has 1 aromatic rings. The van der Waals surface area contributed by atoms with E-state index in [2.05, 4.69) is 20.7 Å². The molecule has 84 valence electrons. The van der Waals surface area contributed by atoms with Crippen molar-refractivity contribution in [3.8, 4) is 5.75 Å². The highest BCUT2D eigenvalue weighted by Crippen LogP contribution is 2.33. The van der Waals surface area contributed by atoms with Crippen LogP contribution in [0.2, 0.25) is 0 Å². The fraction of sp³-hybridized carbons (Fsp3) is 0.333. The van der Waals surface area contributed by atoms with Gasteiger partial charge in [0.2, 0.25) is 5.82 Å². The molecule has 1 rings (SSSR count). The maximum absolute atomic E-state index is 13.4. The lowest BCUT2D eigenvalue weighted by Crippen LogP contribution is -2.14. The summed E-state index contributed by atoms with van der Waals surface area (Å²) >= 11 is 3.01. The topological polar surface area (TPSA) is 55.5 Å². The first kappa shape index (κ1) is 12.4. The molecule has 1 unspecified atom stereocenters. The minimum absolute atomic E-state index is 0.185. The second kappa shape index (κ2) is 4.87. The highest BCUT2D eigenvalue weighted by Gasteiger charge is 2.21. The Balaban J connectivity index is 3.33. The first-order valence-corrected chi connectivity index (χ1v) is 4.91. The number of hydrogen-bond acceptors (Lipinski definition) is 3. The third kappa shape index (κ3) is 2.27. The van der Waals surface area contributed by atoms with E-state index in [1.54, 1.807) is 0 Å². The Morgan fingerprint density at radius 1 is 1.53 bits per heavy atom. The summed E-state index contributed by atoms with van der Waals surface area (Å²) in [6, 6.07) is 1.24. The van der Waals surface area contributed by atoms with Crippen LogP contribution in [-0.4, -0.2) is 18.8 Å². The Kier molecular flexibility index (Phi) is 4.01. The molecule has 0 saturated carbocycles. The number of ether oxygens (including phenoxy) is 1. The van der Waals surface area contributed by atoms with Gasteiger partial charge < -0.3 is 15.6 Å². The van der Waals surface area contributed by atoms with E-state index in [1.807, 2.05) is 0 Å². The first-order valence-electron chi connectivity index (χ1n) is 4.12. The number of methoxy groups -OCH3 is 1. The molecule has 0 fully saturated rings. The molecule has 0 aliphatic rings. The third-order valence-corrected chi connectivity index (χ3v) is 2.52. The van der Waals surface area contributed by atoms with E-state index >= 15 is 0 Å². The van der Waals surface area contributed by atoms with E-state index in [-0.39, 0.29) is 22.3 Å². The second-order valence-corrected chi connectivity index (χ2v) is 3.71. The van der Waals surface area contributed by atoms with E-state index in [1.165, 1.54) is 13.2 Å². The van der Waals surface area contributed by atoms with E-state index in [4.69, 9.17) is 5.73 Å². The maximum Gasteiger partial charge on any atom is 0.202 e.